The van der Waals surface area contributed by atoms with Gasteiger partial charge in [-0.3, -0.25) is 4.79 Å². The molecule has 3 rings (SSSR count). The molecule has 2 fully saturated rings. The third-order valence-corrected chi connectivity index (χ3v) is 6.02. The van der Waals surface area contributed by atoms with Crippen LogP contribution in [0.3, 0.4) is 0 Å². The van der Waals surface area contributed by atoms with Gasteiger partial charge in [0.25, 0.3) is 0 Å². The molecule has 2 aliphatic heterocycles. The Morgan fingerprint density at radius 3 is 2.35 bits per heavy atom. The summed E-state index contributed by atoms with van der Waals surface area (Å²) in [5, 5.41) is 0. The minimum Gasteiger partial charge on any atom is -0.486 e. The molecule has 0 aromatic heterocycles. The van der Waals surface area contributed by atoms with Crippen LogP contribution in [0.4, 0.5) is 10.5 Å². The fourth-order valence-electron chi connectivity index (χ4n) is 4.27. The Labute approximate surface area is 201 Å². The molecule has 0 spiro atoms. The zero-order valence-electron chi connectivity index (χ0n) is 21.0. The van der Waals surface area contributed by atoms with E-state index in [2.05, 4.69) is 4.90 Å². The normalized spacial score (nSPS) is 20.0. The smallest absolute Gasteiger partial charge is 0.410 e. The highest BCUT2D eigenvalue weighted by atomic mass is 16.6. The molecule has 0 N–H and O–H groups in total. The molecule has 34 heavy (non-hydrogen) atoms. The van der Waals surface area contributed by atoms with Crippen LogP contribution in [-0.2, 0) is 19.0 Å². The second-order valence-corrected chi connectivity index (χ2v) is 10.2. The Morgan fingerprint density at radius 2 is 1.76 bits per heavy atom. The van der Waals surface area contributed by atoms with Crippen LogP contribution in [0.2, 0.25) is 0 Å². The molecule has 9 nitrogen and oxygen atoms in total. The molecule has 0 saturated carbocycles. The van der Waals surface area contributed by atoms with E-state index in [4.69, 9.17) is 18.9 Å². The lowest BCUT2D eigenvalue weighted by Gasteiger charge is -2.40. The summed E-state index contributed by atoms with van der Waals surface area (Å²) in [6.45, 7) is 11.2. The van der Waals surface area contributed by atoms with Gasteiger partial charge in [0.05, 0.1) is 24.9 Å². The molecule has 2 aliphatic rings. The van der Waals surface area contributed by atoms with Gasteiger partial charge in [-0.05, 0) is 45.9 Å². The Morgan fingerprint density at radius 1 is 1.09 bits per heavy atom. The van der Waals surface area contributed by atoms with Gasteiger partial charge < -0.3 is 28.7 Å². The van der Waals surface area contributed by atoms with Crippen molar-refractivity contribution in [2.24, 2.45) is 0 Å². The van der Waals surface area contributed by atoms with Gasteiger partial charge >= 0.3 is 18.0 Å². The number of hydrogen-bond acceptors (Lipinski definition) is 8. The van der Waals surface area contributed by atoms with E-state index in [0.29, 0.717) is 56.8 Å². The second-order valence-electron chi connectivity index (χ2n) is 10.2. The lowest BCUT2D eigenvalue weighted by atomic mass is 9.92. The Balaban J connectivity index is 1.75. The van der Waals surface area contributed by atoms with Crippen LogP contribution < -0.4 is 9.64 Å². The number of likely N-dealkylation sites (tertiary alicyclic amines) is 1. The minimum atomic E-state index is -0.554. The van der Waals surface area contributed by atoms with E-state index in [9.17, 15) is 14.4 Å². The molecule has 0 bridgehead atoms. The highest BCUT2D eigenvalue weighted by Crippen LogP contribution is 2.36. The molecular weight excluding hydrogens is 440 g/mol. The first-order chi connectivity index (χ1) is 15.9. The van der Waals surface area contributed by atoms with Gasteiger partial charge in [-0.15, -0.1) is 0 Å². The van der Waals surface area contributed by atoms with E-state index >= 15 is 0 Å². The van der Waals surface area contributed by atoms with Crippen molar-refractivity contribution in [1.82, 2.24) is 4.90 Å². The van der Waals surface area contributed by atoms with Crippen molar-refractivity contribution in [3.8, 4) is 5.75 Å². The number of amides is 1. The van der Waals surface area contributed by atoms with Crippen LogP contribution in [-0.4, -0.2) is 73.5 Å². The van der Waals surface area contributed by atoms with Crippen LogP contribution in [0.1, 0.15) is 64.2 Å². The maximum atomic E-state index is 12.4. The van der Waals surface area contributed by atoms with Crippen molar-refractivity contribution in [2.45, 2.75) is 71.2 Å². The number of carbonyl (C=O) groups excluding carboxylic acids is 3. The predicted molar refractivity (Wildman–Crippen MR) is 126 cm³/mol. The number of esters is 2. The van der Waals surface area contributed by atoms with Crippen LogP contribution in [0.25, 0.3) is 0 Å². The number of nitrogens with zero attached hydrogens (tertiary/aromatic N) is 2. The van der Waals surface area contributed by atoms with Crippen molar-refractivity contribution in [3.63, 3.8) is 0 Å². The number of hydrogen-bond donors (Lipinski definition) is 0. The molecule has 1 atom stereocenters. The number of methoxy groups -OCH3 is 1. The van der Waals surface area contributed by atoms with Crippen LogP contribution in [0, 0.1) is 0 Å². The predicted octanol–water partition coefficient (Wildman–Crippen LogP) is 3.78. The summed E-state index contributed by atoms with van der Waals surface area (Å²) in [7, 11) is 1.35. The molecule has 9 heteroatoms. The monoisotopic (exact) mass is 476 g/mol. The second kappa shape index (κ2) is 10.1. The molecular formula is C25H36N2O7. The molecule has 0 unspecified atom stereocenters. The zero-order valence-corrected chi connectivity index (χ0v) is 21.0. The maximum Gasteiger partial charge on any atom is 0.410 e. The Kier molecular flexibility index (Phi) is 7.63. The molecule has 0 radical (unpaired) electrons. The third-order valence-electron chi connectivity index (χ3n) is 6.02. The van der Waals surface area contributed by atoms with Gasteiger partial charge in [-0.25, -0.2) is 9.59 Å². The standard InChI is InChI=1S/C25H36N2O7/c1-17(28)33-25(5)10-13-26(14-11-25)20-15-18(22(29)31-6)7-8-21(20)32-19-9-12-27(16-19)23(30)34-24(2,3)4/h7-8,15,19H,9-14,16H2,1-6H3/t19-/m0/s1. The number of benzene rings is 1. The average Bonchev–Trinajstić information content (AvgIpc) is 3.21. The molecule has 0 aliphatic carbocycles. The van der Waals surface area contributed by atoms with Crippen molar-refractivity contribution < 1.29 is 33.3 Å². The van der Waals surface area contributed by atoms with Gasteiger partial charge in [0.2, 0.25) is 0 Å². The van der Waals surface area contributed by atoms with Crippen LogP contribution in [0.15, 0.2) is 18.2 Å². The number of rotatable bonds is 5. The lowest BCUT2D eigenvalue weighted by Crippen LogP contribution is -2.45. The number of piperidine rings is 1. The van der Waals surface area contributed by atoms with E-state index in [1.165, 1.54) is 14.0 Å². The van der Waals surface area contributed by atoms with E-state index in [1.807, 2.05) is 27.7 Å². The summed E-state index contributed by atoms with van der Waals surface area (Å²) in [4.78, 5) is 39.8. The first kappa shape index (κ1) is 25.6. The third kappa shape index (κ3) is 6.55. The quantitative estimate of drug-likeness (QED) is 0.468. The Bertz CT molecular complexity index is 916. The number of ether oxygens (including phenoxy) is 4. The SMILES string of the molecule is COC(=O)c1ccc(O[C@H]2CCN(C(=O)OC(C)(C)C)C2)c(N2CCC(C)(OC(C)=O)CC2)c1. The van der Waals surface area contributed by atoms with E-state index < -0.39 is 17.2 Å². The van der Waals surface area contributed by atoms with Gasteiger partial charge in [0, 0.05) is 45.8 Å². The molecule has 2 saturated heterocycles. The molecule has 2 heterocycles. The van der Waals surface area contributed by atoms with Gasteiger partial charge in [0.15, 0.2) is 0 Å². The highest BCUT2D eigenvalue weighted by Gasteiger charge is 2.35. The first-order valence-corrected chi connectivity index (χ1v) is 11.7. The van der Waals surface area contributed by atoms with Crippen molar-refractivity contribution >= 4 is 23.7 Å². The zero-order chi connectivity index (χ0) is 25.1. The maximum absolute atomic E-state index is 12.4. The van der Waals surface area contributed by atoms with Crippen LogP contribution in [0.5, 0.6) is 5.75 Å². The van der Waals surface area contributed by atoms with Crippen molar-refractivity contribution in [3.05, 3.63) is 23.8 Å². The van der Waals surface area contributed by atoms with Crippen LogP contribution >= 0.6 is 0 Å². The van der Waals surface area contributed by atoms with Crippen molar-refractivity contribution in [2.75, 3.05) is 38.2 Å². The fraction of sp³-hybridized carbons (Fsp3) is 0.640. The average molecular weight is 477 g/mol. The lowest BCUT2D eigenvalue weighted by molar-refractivity contribution is -0.157. The summed E-state index contributed by atoms with van der Waals surface area (Å²) in [5.41, 5.74) is 0.147. The van der Waals surface area contributed by atoms with Crippen molar-refractivity contribution in [1.29, 1.82) is 0 Å². The van der Waals surface area contributed by atoms with E-state index in [1.54, 1.807) is 23.1 Å². The summed E-state index contributed by atoms with van der Waals surface area (Å²) in [6, 6.07) is 5.23. The van der Waals surface area contributed by atoms with Gasteiger partial charge in [0.1, 0.15) is 23.1 Å². The molecule has 1 aromatic rings. The van der Waals surface area contributed by atoms with E-state index in [-0.39, 0.29) is 18.2 Å². The molecule has 188 valence electrons. The summed E-state index contributed by atoms with van der Waals surface area (Å²) >= 11 is 0. The fourth-order valence-corrected chi connectivity index (χ4v) is 4.27. The summed E-state index contributed by atoms with van der Waals surface area (Å²) < 4.78 is 22.2. The minimum absolute atomic E-state index is 0.189. The topological polar surface area (TPSA) is 94.6 Å². The van der Waals surface area contributed by atoms with E-state index in [0.717, 1.165) is 5.69 Å². The summed E-state index contributed by atoms with van der Waals surface area (Å²) in [6.07, 6.45) is 1.46. The molecule has 1 amide bonds. The highest BCUT2D eigenvalue weighted by molar-refractivity contribution is 5.91. The number of carbonyl (C=O) groups is 3. The largest absolute Gasteiger partial charge is 0.486 e. The molecule has 1 aromatic carbocycles. The van der Waals surface area contributed by atoms with Gasteiger partial charge in [-0.2, -0.15) is 0 Å². The van der Waals surface area contributed by atoms with Gasteiger partial charge in [-0.1, -0.05) is 0 Å². The Hall–Kier alpha value is -2.97. The summed E-state index contributed by atoms with van der Waals surface area (Å²) in [5.74, 6) is -0.0743. The first-order valence-electron chi connectivity index (χ1n) is 11.7. The number of anilines is 1.